The number of hydrogen-bond acceptors (Lipinski definition) is 4. The molecule has 0 aromatic heterocycles. The van der Waals surface area contributed by atoms with Crippen LogP contribution in [0.1, 0.15) is 81.3 Å². The average molecular weight is 489 g/mol. The van der Waals surface area contributed by atoms with E-state index in [0.29, 0.717) is 11.3 Å². The monoisotopic (exact) mass is 488 g/mol. The van der Waals surface area contributed by atoms with E-state index in [1.165, 1.54) is 10.5 Å². The van der Waals surface area contributed by atoms with Crippen molar-refractivity contribution in [1.29, 1.82) is 0 Å². The molecule has 5 rings (SSSR count). The Labute approximate surface area is 213 Å². The van der Waals surface area contributed by atoms with E-state index in [4.69, 9.17) is 4.74 Å². The molecule has 2 aromatic rings. The fraction of sp³-hybridized carbons (Fsp3) is 0.500. The van der Waals surface area contributed by atoms with Crippen molar-refractivity contribution in [3.05, 3.63) is 65.7 Å². The van der Waals surface area contributed by atoms with Crippen LogP contribution in [-0.4, -0.2) is 41.8 Å². The van der Waals surface area contributed by atoms with Crippen molar-refractivity contribution >= 4 is 17.7 Å². The van der Waals surface area contributed by atoms with Gasteiger partial charge in [-0.25, -0.2) is 0 Å². The summed E-state index contributed by atoms with van der Waals surface area (Å²) in [6.07, 6.45) is 7.94. The normalized spacial score (nSPS) is 26.9. The van der Waals surface area contributed by atoms with Gasteiger partial charge in [-0.1, -0.05) is 68.1 Å². The third kappa shape index (κ3) is 4.65. The number of carbonyl (C=O) groups excluding carboxylic acids is 3. The third-order valence-corrected chi connectivity index (χ3v) is 8.48. The van der Waals surface area contributed by atoms with Gasteiger partial charge in [0.05, 0.1) is 12.5 Å². The zero-order chi connectivity index (χ0) is 25.1. The number of likely N-dealkylation sites (tertiary alicyclic amines) is 1. The Balaban J connectivity index is 1.41. The molecule has 1 unspecified atom stereocenters. The molecule has 1 N–H and O–H groups in total. The van der Waals surface area contributed by atoms with Crippen LogP contribution in [0.3, 0.4) is 0 Å². The highest BCUT2D eigenvalue weighted by atomic mass is 16.5. The van der Waals surface area contributed by atoms with Crippen molar-refractivity contribution in [2.45, 2.75) is 87.6 Å². The fourth-order valence-corrected chi connectivity index (χ4v) is 6.61. The Kier molecular flexibility index (Phi) is 7.13. The van der Waals surface area contributed by atoms with E-state index in [9.17, 15) is 14.4 Å². The number of ether oxygens (including phenoxy) is 1. The van der Waals surface area contributed by atoms with Crippen molar-refractivity contribution in [2.24, 2.45) is 0 Å². The van der Waals surface area contributed by atoms with E-state index in [1.54, 1.807) is 19.2 Å². The number of benzene rings is 2. The molecule has 6 nitrogen and oxygen atoms in total. The van der Waals surface area contributed by atoms with E-state index < -0.39 is 5.41 Å². The minimum atomic E-state index is -1.17. The highest BCUT2D eigenvalue weighted by Crippen LogP contribution is 2.43. The largest absolute Gasteiger partial charge is 0.497 e. The first-order valence-corrected chi connectivity index (χ1v) is 13.4. The van der Waals surface area contributed by atoms with Crippen LogP contribution >= 0.6 is 0 Å². The van der Waals surface area contributed by atoms with Crippen LogP contribution in [0.15, 0.2) is 54.6 Å². The summed E-state index contributed by atoms with van der Waals surface area (Å²) in [6.45, 7) is 0. The van der Waals surface area contributed by atoms with Crippen LogP contribution in [0, 0.1) is 0 Å². The molecule has 3 aliphatic rings. The van der Waals surface area contributed by atoms with Crippen molar-refractivity contribution in [2.75, 3.05) is 7.11 Å². The van der Waals surface area contributed by atoms with Gasteiger partial charge in [0.2, 0.25) is 17.7 Å². The molecule has 2 saturated carbocycles. The number of nitrogens with one attached hydrogen (secondary N) is 1. The number of carbonyl (C=O) groups is 3. The molecular formula is C30H36N2O4. The summed E-state index contributed by atoms with van der Waals surface area (Å²) in [5.41, 5.74) is 0.778. The number of amides is 3. The van der Waals surface area contributed by atoms with Crippen LogP contribution in [0.2, 0.25) is 0 Å². The number of rotatable bonds is 7. The molecule has 2 aromatic carbocycles. The van der Waals surface area contributed by atoms with Crippen LogP contribution < -0.4 is 10.1 Å². The molecule has 6 heteroatoms. The lowest BCUT2D eigenvalue weighted by Gasteiger charge is -2.34. The molecule has 36 heavy (non-hydrogen) atoms. The SMILES string of the molecule is COc1ccc(C2(CC(=O)N[C@@H]3CCCC[C@H]3c3ccccc3)CC(=O)N(C3CCCC3)C2=O)cc1. The zero-order valence-corrected chi connectivity index (χ0v) is 21.1. The standard InChI is InChI=1S/C30H36N2O4/c1-36-24-17-15-22(16-18-24)30(20-28(34)32(29(30)35)23-11-5-6-12-23)19-27(33)31-26-14-8-7-13-25(26)21-9-3-2-4-10-21/h2-4,9-10,15-18,23,25-26H,5-8,11-14,19-20H2,1H3,(H,31,33)/t25-,26+,30?/m0/s1. The zero-order valence-electron chi connectivity index (χ0n) is 21.1. The molecule has 190 valence electrons. The van der Waals surface area contributed by atoms with Crippen LogP contribution in [0.25, 0.3) is 0 Å². The van der Waals surface area contributed by atoms with Crippen LogP contribution in [0.5, 0.6) is 5.75 Å². The molecule has 0 bridgehead atoms. The van der Waals surface area contributed by atoms with Gasteiger partial charge < -0.3 is 10.1 Å². The average Bonchev–Trinajstić information content (AvgIpc) is 3.51. The Morgan fingerprint density at radius 2 is 1.61 bits per heavy atom. The summed E-state index contributed by atoms with van der Waals surface area (Å²) in [7, 11) is 1.59. The molecule has 3 fully saturated rings. The van der Waals surface area contributed by atoms with Gasteiger partial charge in [-0.05, 0) is 48.9 Å². The predicted molar refractivity (Wildman–Crippen MR) is 138 cm³/mol. The van der Waals surface area contributed by atoms with Gasteiger partial charge in [-0.2, -0.15) is 0 Å². The van der Waals surface area contributed by atoms with Crippen LogP contribution in [0.4, 0.5) is 0 Å². The fourth-order valence-electron chi connectivity index (χ4n) is 6.61. The van der Waals surface area contributed by atoms with E-state index in [1.807, 2.05) is 30.3 Å². The Hall–Kier alpha value is -3.15. The molecule has 1 saturated heterocycles. The molecule has 1 aliphatic heterocycles. The smallest absolute Gasteiger partial charge is 0.241 e. The maximum atomic E-state index is 14.0. The van der Waals surface area contributed by atoms with Crippen molar-refractivity contribution < 1.29 is 19.1 Å². The summed E-state index contributed by atoms with van der Waals surface area (Å²) in [5, 5.41) is 3.29. The first kappa shape index (κ1) is 24.5. The van der Waals surface area contributed by atoms with Gasteiger partial charge in [0.25, 0.3) is 0 Å². The van der Waals surface area contributed by atoms with E-state index in [2.05, 4.69) is 17.4 Å². The van der Waals surface area contributed by atoms with E-state index in [0.717, 1.165) is 51.4 Å². The summed E-state index contributed by atoms with van der Waals surface area (Å²) in [5.74, 6) is 0.402. The lowest BCUT2D eigenvalue weighted by atomic mass is 9.75. The number of nitrogens with zero attached hydrogens (tertiary/aromatic N) is 1. The highest BCUT2D eigenvalue weighted by molar-refractivity contribution is 6.11. The molecular weight excluding hydrogens is 452 g/mol. The van der Waals surface area contributed by atoms with Gasteiger partial charge in [-0.15, -0.1) is 0 Å². The minimum absolute atomic E-state index is 0.0227. The maximum Gasteiger partial charge on any atom is 0.241 e. The predicted octanol–water partition coefficient (Wildman–Crippen LogP) is 4.87. The molecule has 1 heterocycles. The second kappa shape index (κ2) is 10.5. The second-order valence-electron chi connectivity index (χ2n) is 10.6. The number of imide groups is 1. The first-order valence-electron chi connectivity index (χ1n) is 13.4. The molecule has 0 radical (unpaired) electrons. The lowest BCUT2D eigenvalue weighted by Crippen LogP contribution is -2.47. The summed E-state index contributed by atoms with van der Waals surface area (Å²) in [4.78, 5) is 42.3. The van der Waals surface area contributed by atoms with Gasteiger partial charge >= 0.3 is 0 Å². The van der Waals surface area contributed by atoms with E-state index >= 15 is 0 Å². The van der Waals surface area contributed by atoms with E-state index in [-0.39, 0.29) is 48.6 Å². The quantitative estimate of drug-likeness (QED) is 0.565. The lowest BCUT2D eigenvalue weighted by molar-refractivity contribution is -0.143. The van der Waals surface area contributed by atoms with Crippen molar-refractivity contribution in [3.63, 3.8) is 0 Å². The number of hydrogen-bond donors (Lipinski definition) is 1. The first-order chi connectivity index (χ1) is 17.5. The topological polar surface area (TPSA) is 75.7 Å². The highest BCUT2D eigenvalue weighted by Gasteiger charge is 2.55. The molecule has 2 aliphatic carbocycles. The molecule has 0 spiro atoms. The minimum Gasteiger partial charge on any atom is -0.497 e. The van der Waals surface area contributed by atoms with Gasteiger partial charge in [0, 0.05) is 30.8 Å². The molecule has 3 atom stereocenters. The van der Waals surface area contributed by atoms with Crippen molar-refractivity contribution in [3.8, 4) is 5.75 Å². The summed E-state index contributed by atoms with van der Waals surface area (Å²) < 4.78 is 5.31. The summed E-state index contributed by atoms with van der Waals surface area (Å²) in [6, 6.07) is 17.6. The number of methoxy groups -OCH3 is 1. The molecule has 3 amide bonds. The van der Waals surface area contributed by atoms with Gasteiger partial charge in [-0.3, -0.25) is 19.3 Å². The van der Waals surface area contributed by atoms with Gasteiger partial charge in [0.1, 0.15) is 5.75 Å². The maximum absolute atomic E-state index is 14.0. The second-order valence-corrected chi connectivity index (χ2v) is 10.6. The Morgan fingerprint density at radius 3 is 2.31 bits per heavy atom. The van der Waals surface area contributed by atoms with Crippen LogP contribution in [-0.2, 0) is 19.8 Å². The summed E-state index contributed by atoms with van der Waals surface area (Å²) >= 11 is 0. The van der Waals surface area contributed by atoms with Gasteiger partial charge in [0.15, 0.2) is 0 Å². The Bertz CT molecular complexity index is 1090. The Morgan fingerprint density at radius 1 is 0.944 bits per heavy atom. The van der Waals surface area contributed by atoms with Crippen molar-refractivity contribution in [1.82, 2.24) is 10.2 Å². The third-order valence-electron chi connectivity index (χ3n) is 8.48.